The highest BCUT2D eigenvalue weighted by Crippen LogP contribution is 2.26. The van der Waals surface area contributed by atoms with Gasteiger partial charge < -0.3 is 20.3 Å². The van der Waals surface area contributed by atoms with Gasteiger partial charge in [0.05, 0.1) is 13.2 Å². The quantitative estimate of drug-likeness (QED) is 0.632. The third kappa shape index (κ3) is 4.69. The average Bonchev–Trinajstić information content (AvgIpc) is 2.58. The highest BCUT2D eigenvalue weighted by Gasteiger charge is 2.22. The van der Waals surface area contributed by atoms with Crippen molar-refractivity contribution in [2.75, 3.05) is 38.8 Å². The second kappa shape index (κ2) is 8.53. The molecule has 1 heterocycles. The molecule has 0 saturated heterocycles. The molecule has 0 saturated carbocycles. The molecule has 0 spiro atoms. The summed E-state index contributed by atoms with van der Waals surface area (Å²) >= 11 is 0. The Hall–Kier alpha value is -2.08. The number of ether oxygens (including phenoxy) is 1. The van der Waals surface area contributed by atoms with Crippen molar-refractivity contribution in [3.8, 4) is 0 Å². The number of guanidine groups is 1. The fourth-order valence-electron chi connectivity index (χ4n) is 2.77. The molecule has 0 aromatic heterocycles. The number of anilines is 1. The molecule has 1 aliphatic heterocycles. The summed E-state index contributed by atoms with van der Waals surface area (Å²) in [7, 11) is 3.35. The van der Waals surface area contributed by atoms with Crippen LogP contribution >= 0.6 is 0 Å². The molecule has 126 valence electrons. The summed E-state index contributed by atoms with van der Waals surface area (Å²) in [6.07, 6.45) is 2.03. The standard InChI is InChI=1S/C17H26N4O2/c1-13(12-23-3)20-17(18-2)19-11-16(22)21-10-6-8-14-7-4-5-9-15(14)21/h4-5,7,9,13H,6,8,10-12H2,1-3H3,(H2,18,19,20). The molecule has 2 rings (SSSR count). The Morgan fingerprint density at radius 1 is 1.43 bits per heavy atom. The summed E-state index contributed by atoms with van der Waals surface area (Å²) < 4.78 is 5.09. The van der Waals surface area contributed by atoms with Crippen LogP contribution in [0.3, 0.4) is 0 Å². The van der Waals surface area contributed by atoms with E-state index in [1.54, 1.807) is 14.2 Å². The smallest absolute Gasteiger partial charge is 0.246 e. The Morgan fingerprint density at radius 3 is 2.96 bits per heavy atom. The van der Waals surface area contributed by atoms with E-state index in [2.05, 4.69) is 21.7 Å². The lowest BCUT2D eigenvalue weighted by Crippen LogP contribution is -2.48. The number of nitrogens with one attached hydrogen (secondary N) is 2. The van der Waals surface area contributed by atoms with Crippen LogP contribution in [0.1, 0.15) is 18.9 Å². The summed E-state index contributed by atoms with van der Waals surface area (Å²) in [5.41, 5.74) is 2.27. The number of aliphatic imine (C=N–C) groups is 1. The first-order valence-corrected chi connectivity index (χ1v) is 8.00. The third-order valence-corrected chi connectivity index (χ3v) is 3.84. The molecule has 6 nitrogen and oxygen atoms in total. The van der Waals surface area contributed by atoms with E-state index in [-0.39, 0.29) is 18.5 Å². The van der Waals surface area contributed by atoms with Crippen molar-refractivity contribution >= 4 is 17.6 Å². The number of benzene rings is 1. The molecule has 0 radical (unpaired) electrons. The zero-order chi connectivity index (χ0) is 16.7. The van der Waals surface area contributed by atoms with Crippen molar-refractivity contribution in [1.29, 1.82) is 0 Å². The molecule has 0 aliphatic carbocycles. The van der Waals surface area contributed by atoms with E-state index < -0.39 is 0 Å². The molecular weight excluding hydrogens is 292 g/mol. The van der Waals surface area contributed by atoms with Gasteiger partial charge in [-0.25, -0.2) is 0 Å². The van der Waals surface area contributed by atoms with Crippen LogP contribution in [-0.4, -0.2) is 51.8 Å². The minimum Gasteiger partial charge on any atom is -0.383 e. The van der Waals surface area contributed by atoms with Gasteiger partial charge in [-0.05, 0) is 31.4 Å². The highest BCUT2D eigenvalue weighted by atomic mass is 16.5. The van der Waals surface area contributed by atoms with E-state index in [1.165, 1.54) is 5.56 Å². The van der Waals surface area contributed by atoms with E-state index in [4.69, 9.17) is 4.74 Å². The van der Waals surface area contributed by atoms with Gasteiger partial charge in [0, 0.05) is 32.4 Å². The Labute approximate surface area is 137 Å². The molecule has 6 heteroatoms. The number of para-hydroxylation sites is 1. The number of aryl methyl sites for hydroxylation is 1. The monoisotopic (exact) mass is 318 g/mol. The van der Waals surface area contributed by atoms with Gasteiger partial charge in [-0.3, -0.25) is 9.79 Å². The molecule has 0 bridgehead atoms. The van der Waals surface area contributed by atoms with Gasteiger partial charge in [-0.2, -0.15) is 0 Å². The molecule has 23 heavy (non-hydrogen) atoms. The lowest BCUT2D eigenvalue weighted by molar-refractivity contribution is -0.117. The van der Waals surface area contributed by atoms with Crippen LogP contribution in [0, 0.1) is 0 Å². The summed E-state index contributed by atoms with van der Waals surface area (Å²) in [5, 5.41) is 6.27. The zero-order valence-electron chi connectivity index (χ0n) is 14.1. The first-order chi connectivity index (χ1) is 11.2. The Balaban J connectivity index is 1.92. The molecule has 0 fully saturated rings. The largest absolute Gasteiger partial charge is 0.383 e. The van der Waals surface area contributed by atoms with Crippen molar-refractivity contribution in [3.05, 3.63) is 29.8 Å². The minimum absolute atomic E-state index is 0.0551. The number of nitrogens with zero attached hydrogens (tertiary/aromatic N) is 2. The first kappa shape index (κ1) is 17.3. The van der Waals surface area contributed by atoms with Crippen molar-refractivity contribution in [2.45, 2.75) is 25.8 Å². The molecule has 1 aromatic rings. The summed E-state index contributed by atoms with van der Waals surface area (Å²) in [6, 6.07) is 8.23. The topological polar surface area (TPSA) is 66.0 Å². The van der Waals surface area contributed by atoms with Gasteiger partial charge in [0.25, 0.3) is 0 Å². The van der Waals surface area contributed by atoms with Crippen molar-refractivity contribution in [1.82, 2.24) is 10.6 Å². The van der Waals surface area contributed by atoms with Crippen LogP contribution in [0.15, 0.2) is 29.3 Å². The van der Waals surface area contributed by atoms with Crippen LogP contribution in [0.5, 0.6) is 0 Å². The van der Waals surface area contributed by atoms with Gasteiger partial charge in [0.15, 0.2) is 5.96 Å². The van der Waals surface area contributed by atoms with E-state index in [0.29, 0.717) is 12.6 Å². The molecule has 1 atom stereocenters. The van der Waals surface area contributed by atoms with Crippen LogP contribution in [0.25, 0.3) is 0 Å². The van der Waals surface area contributed by atoms with Gasteiger partial charge in [-0.1, -0.05) is 18.2 Å². The number of hydrogen-bond donors (Lipinski definition) is 2. The van der Waals surface area contributed by atoms with E-state index in [9.17, 15) is 4.79 Å². The summed E-state index contributed by atoms with van der Waals surface area (Å²) in [6.45, 7) is 3.56. The summed E-state index contributed by atoms with van der Waals surface area (Å²) in [4.78, 5) is 18.5. The molecule has 1 unspecified atom stereocenters. The maximum atomic E-state index is 12.5. The number of rotatable bonds is 5. The van der Waals surface area contributed by atoms with Crippen LogP contribution < -0.4 is 15.5 Å². The molecule has 1 aliphatic rings. The SMILES string of the molecule is CN=C(NCC(=O)N1CCCc2ccccc21)NC(C)COC. The molecule has 1 amide bonds. The fraction of sp³-hybridized carbons (Fsp3) is 0.529. The molecule has 2 N–H and O–H groups in total. The number of carbonyl (C=O) groups is 1. The Kier molecular flexibility index (Phi) is 6.40. The number of carbonyl (C=O) groups excluding carboxylic acids is 1. The van der Waals surface area contributed by atoms with Crippen molar-refractivity contribution in [2.24, 2.45) is 4.99 Å². The minimum atomic E-state index is 0.0551. The van der Waals surface area contributed by atoms with Crippen molar-refractivity contribution < 1.29 is 9.53 Å². The number of hydrogen-bond acceptors (Lipinski definition) is 3. The second-order valence-corrected chi connectivity index (χ2v) is 5.70. The maximum Gasteiger partial charge on any atom is 0.246 e. The van der Waals surface area contributed by atoms with Gasteiger partial charge in [0.1, 0.15) is 0 Å². The van der Waals surface area contributed by atoms with Gasteiger partial charge >= 0.3 is 0 Å². The van der Waals surface area contributed by atoms with E-state index in [1.807, 2.05) is 30.0 Å². The predicted molar refractivity (Wildman–Crippen MR) is 93.0 cm³/mol. The highest BCUT2D eigenvalue weighted by molar-refractivity contribution is 5.98. The lowest BCUT2D eigenvalue weighted by atomic mass is 10.0. The summed E-state index contributed by atoms with van der Waals surface area (Å²) in [5.74, 6) is 0.660. The lowest BCUT2D eigenvalue weighted by Gasteiger charge is -2.29. The van der Waals surface area contributed by atoms with Crippen molar-refractivity contribution in [3.63, 3.8) is 0 Å². The number of amides is 1. The average molecular weight is 318 g/mol. The predicted octanol–water partition coefficient (Wildman–Crippen LogP) is 1.17. The Morgan fingerprint density at radius 2 is 2.22 bits per heavy atom. The zero-order valence-corrected chi connectivity index (χ0v) is 14.1. The number of methoxy groups -OCH3 is 1. The second-order valence-electron chi connectivity index (χ2n) is 5.70. The van der Waals surface area contributed by atoms with Crippen LogP contribution in [0.2, 0.25) is 0 Å². The normalized spacial score (nSPS) is 15.8. The third-order valence-electron chi connectivity index (χ3n) is 3.84. The number of fused-ring (bicyclic) bond motifs is 1. The Bertz CT molecular complexity index is 559. The van der Waals surface area contributed by atoms with E-state index >= 15 is 0 Å². The van der Waals surface area contributed by atoms with Gasteiger partial charge in [0.2, 0.25) is 5.91 Å². The van der Waals surface area contributed by atoms with E-state index in [0.717, 1.165) is 25.1 Å². The van der Waals surface area contributed by atoms with Crippen LogP contribution in [-0.2, 0) is 16.0 Å². The van der Waals surface area contributed by atoms with Gasteiger partial charge in [-0.15, -0.1) is 0 Å². The molecule has 1 aromatic carbocycles. The first-order valence-electron chi connectivity index (χ1n) is 8.00. The molecular formula is C17H26N4O2. The maximum absolute atomic E-state index is 12.5. The van der Waals surface area contributed by atoms with Crippen LogP contribution in [0.4, 0.5) is 5.69 Å². The fourth-order valence-corrected chi connectivity index (χ4v) is 2.77.